The number of hydrogen-bond acceptors (Lipinski definition) is 1. The molecule has 4 heteroatoms. The fraction of sp³-hybridized carbons (Fsp3) is 0.273. The molecular formula is C11H11F3O. The van der Waals surface area contributed by atoms with Crippen LogP contribution in [-0.4, -0.2) is 17.9 Å². The van der Waals surface area contributed by atoms with Crippen molar-refractivity contribution in [1.29, 1.82) is 0 Å². The summed E-state index contributed by atoms with van der Waals surface area (Å²) >= 11 is 0. The van der Waals surface area contributed by atoms with E-state index in [1.807, 2.05) is 0 Å². The normalized spacial score (nSPS) is 14.4. The Morgan fingerprint density at radius 1 is 1.20 bits per heavy atom. The molecule has 1 N–H and O–H groups in total. The Morgan fingerprint density at radius 3 is 2.27 bits per heavy atom. The lowest BCUT2D eigenvalue weighted by Crippen LogP contribution is -2.24. The van der Waals surface area contributed by atoms with Gasteiger partial charge in [0, 0.05) is 0 Å². The smallest absolute Gasteiger partial charge is 0.395 e. The molecule has 0 saturated carbocycles. The Balaban J connectivity index is 2.72. The van der Waals surface area contributed by atoms with Gasteiger partial charge in [-0.2, -0.15) is 13.2 Å². The highest BCUT2D eigenvalue weighted by molar-refractivity contribution is 5.49. The number of aliphatic hydroxyl groups excluding tert-OH is 1. The van der Waals surface area contributed by atoms with E-state index in [1.54, 1.807) is 30.3 Å². The maximum atomic E-state index is 12.2. The molecule has 0 aromatic heterocycles. The molecule has 0 aliphatic carbocycles. The van der Waals surface area contributed by atoms with Crippen LogP contribution in [-0.2, 0) is 0 Å². The van der Waals surface area contributed by atoms with Crippen molar-refractivity contribution in [1.82, 2.24) is 0 Å². The van der Waals surface area contributed by atoms with Crippen molar-refractivity contribution >= 4 is 6.08 Å². The maximum absolute atomic E-state index is 12.2. The van der Waals surface area contributed by atoms with Crippen LogP contribution in [0.4, 0.5) is 13.2 Å². The summed E-state index contributed by atoms with van der Waals surface area (Å²) in [7, 11) is 0. The van der Waals surface area contributed by atoms with Crippen LogP contribution < -0.4 is 0 Å². The zero-order valence-electron chi connectivity index (χ0n) is 7.91. The second-order valence-corrected chi connectivity index (χ2v) is 3.10. The van der Waals surface area contributed by atoms with E-state index in [0.29, 0.717) is 5.56 Å². The van der Waals surface area contributed by atoms with Gasteiger partial charge < -0.3 is 5.11 Å². The molecule has 0 saturated heterocycles. The summed E-state index contributed by atoms with van der Waals surface area (Å²) in [6, 6.07) is 8.65. The minimum Gasteiger partial charge on any atom is -0.395 e. The van der Waals surface area contributed by atoms with Gasteiger partial charge in [0.15, 0.2) is 0 Å². The minimum absolute atomic E-state index is 0.681. The van der Waals surface area contributed by atoms with Gasteiger partial charge in [0.1, 0.15) is 0 Å². The number of benzene rings is 1. The van der Waals surface area contributed by atoms with E-state index in [0.717, 1.165) is 6.08 Å². The first-order valence-corrected chi connectivity index (χ1v) is 4.45. The van der Waals surface area contributed by atoms with Gasteiger partial charge in [-0.3, -0.25) is 0 Å². The first-order valence-electron chi connectivity index (χ1n) is 4.45. The highest BCUT2D eigenvalue weighted by atomic mass is 19.4. The summed E-state index contributed by atoms with van der Waals surface area (Å²) in [4.78, 5) is 0. The summed E-state index contributed by atoms with van der Waals surface area (Å²) in [6.45, 7) is -0.924. The Hall–Kier alpha value is -1.29. The molecule has 0 bridgehead atoms. The Kier molecular flexibility index (Phi) is 3.91. The molecule has 0 radical (unpaired) electrons. The number of hydrogen-bond donors (Lipinski definition) is 1. The minimum atomic E-state index is -4.39. The molecule has 82 valence electrons. The van der Waals surface area contributed by atoms with Gasteiger partial charge in [0.25, 0.3) is 0 Å². The summed E-state index contributed by atoms with van der Waals surface area (Å²) < 4.78 is 36.6. The molecule has 1 aromatic carbocycles. The van der Waals surface area contributed by atoms with E-state index < -0.39 is 18.7 Å². The Labute approximate surface area is 85.9 Å². The van der Waals surface area contributed by atoms with Crippen molar-refractivity contribution in [3.8, 4) is 0 Å². The van der Waals surface area contributed by atoms with Crippen molar-refractivity contribution in [3.05, 3.63) is 42.0 Å². The van der Waals surface area contributed by atoms with Gasteiger partial charge in [-0.15, -0.1) is 0 Å². The molecule has 0 amide bonds. The predicted octanol–water partition coefficient (Wildman–Crippen LogP) is 2.87. The first-order chi connectivity index (χ1) is 7.04. The highest BCUT2D eigenvalue weighted by Gasteiger charge is 2.36. The van der Waals surface area contributed by atoms with Gasteiger partial charge in [0.2, 0.25) is 0 Å². The molecule has 0 fully saturated rings. The summed E-state index contributed by atoms with van der Waals surface area (Å²) in [6.07, 6.45) is -2.07. The van der Waals surface area contributed by atoms with E-state index >= 15 is 0 Å². The zero-order valence-corrected chi connectivity index (χ0v) is 7.91. The molecule has 0 unspecified atom stereocenters. The van der Waals surface area contributed by atoms with Crippen LogP contribution >= 0.6 is 0 Å². The molecule has 0 spiro atoms. The van der Waals surface area contributed by atoms with Crippen LogP contribution in [0, 0.1) is 5.92 Å². The molecular weight excluding hydrogens is 205 g/mol. The van der Waals surface area contributed by atoms with E-state index in [9.17, 15) is 13.2 Å². The molecule has 1 nitrogen and oxygen atoms in total. The van der Waals surface area contributed by atoms with Crippen LogP contribution in [0.15, 0.2) is 36.4 Å². The third-order valence-electron chi connectivity index (χ3n) is 1.94. The van der Waals surface area contributed by atoms with Crippen LogP contribution in [0.3, 0.4) is 0 Å². The number of aliphatic hydroxyl groups is 1. The topological polar surface area (TPSA) is 20.2 Å². The average Bonchev–Trinajstić information content (AvgIpc) is 2.18. The van der Waals surface area contributed by atoms with Gasteiger partial charge in [-0.25, -0.2) is 0 Å². The van der Waals surface area contributed by atoms with E-state index in [2.05, 4.69) is 0 Å². The summed E-state index contributed by atoms with van der Waals surface area (Å²) in [5, 5.41) is 8.57. The lowest BCUT2D eigenvalue weighted by Gasteiger charge is -2.13. The zero-order chi connectivity index (χ0) is 11.3. The molecule has 0 aliphatic heterocycles. The SMILES string of the molecule is OC[C@@H](/C=C/c1ccccc1)C(F)(F)F. The van der Waals surface area contributed by atoms with Gasteiger partial charge in [-0.1, -0.05) is 42.5 Å². The molecule has 0 aliphatic rings. The quantitative estimate of drug-likeness (QED) is 0.823. The van der Waals surface area contributed by atoms with Crippen molar-refractivity contribution in [2.75, 3.05) is 6.61 Å². The van der Waals surface area contributed by atoms with Crippen molar-refractivity contribution < 1.29 is 18.3 Å². The second kappa shape index (κ2) is 4.98. The number of alkyl halides is 3. The number of halogens is 3. The van der Waals surface area contributed by atoms with Crippen molar-refractivity contribution in [2.45, 2.75) is 6.18 Å². The molecule has 0 heterocycles. The van der Waals surface area contributed by atoms with E-state index in [-0.39, 0.29) is 0 Å². The Morgan fingerprint density at radius 2 is 1.80 bits per heavy atom. The van der Waals surface area contributed by atoms with Gasteiger partial charge >= 0.3 is 6.18 Å². The largest absolute Gasteiger partial charge is 0.397 e. The first kappa shape index (κ1) is 11.8. The number of rotatable bonds is 3. The third-order valence-corrected chi connectivity index (χ3v) is 1.94. The lowest BCUT2D eigenvalue weighted by atomic mass is 10.1. The standard InChI is InChI=1S/C11H11F3O/c12-11(13,14)10(8-15)7-6-9-4-2-1-3-5-9/h1-7,10,15H,8H2/b7-6+/t10-/m1/s1. The van der Waals surface area contributed by atoms with E-state index in [1.165, 1.54) is 6.08 Å². The lowest BCUT2D eigenvalue weighted by molar-refractivity contribution is -0.169. The summed E-state index contributed by atoms with van der Waals surface area (Å²) in [5.41, 5.74) is 0.681. The average molecular weight is 216 g/mol. The Bertz CT molecular complexity index is 316. The highest BCUT2D eigenvalue weighted by Crippen LogP contribution is 2.27. The third kappa shape index (κ3) is 3.75. The van der Waals surface area contributed by atoms with Crippen LogP contribution in [0.5, 0.6) is 0 Å². The molecule has 1 aromatic rings. The van der Waals surface area contributed by atoms with Gasteiger partial charge in [-0.05, 0) is 5.56 Å². The van der Waals surface area contributed by atoms with Crippen molar-refractivity contribution in [3.63, 3.8) is 0 Å². The fourth-order valence-corrected chi connectivity index (χ4v) is 1.06. The summed E-state index contributed by atoms with van der Waals surface area (Å²) in [5.74, 6) is -1.79. The monoisotopic (exact) mass is 216 g/mol. The molecule has 1 rings (SSSR count). The predicted molar refractivity (Wildman–Crippen MR) is 52.1 cm³/mol. The fourth-order valence-electron chi connectivity index (χ4n) is 1.06. The van der Waals surface area contributed by atoms with E-state index in [4.69, 9.17) is 5.11 Å². The maximum Gasteiger partial charge on any atom is 0.397 e. The van der Waals surface area contributed by atoms with Crippen LogP contribution in [0.1, 0.15) is 5.56 Å². The van der Waals surface area contributed by atoms with Gasteiger partial charge in [0.05, 0.1) is 12.5 Å². The second-order valence-electron chi connectivity index (χ2n) is 3.10. The molecule has 1 atom stereocenters. The van der Waals surface area contributed by atoms with Crippen LogP contribution in [0.2, 0.25) is 0 Å². The van der Waals surface area contributed by atoms with Crippen molar-refractivity contribution in [2.24, 2.45) is 5.92 Å². The molecule has 15 heavy (non-hydrogen) atoms. The van der Waals surface area contributed by atoms with Crippen LogP contribution in [0.25, 0.3) is 6.08 Å².